The van der Waals surface area contributed by atoms with Gasteiger partial charge in [0.1, 0.15) is 23.9 Å². The maximum atomic E-state index is 14.8. The number of benzene rings is 1. The van der Waals surface area contributed by atoms with Crippen LogP contribution in [0.3, 0.4) is 0 Å². The second kappa shape index (κ2) is 11.9. The molecule has 1 aromatic carbocycles. The summed E-state index contributed by atoms with van der Waals surface area (Å²) >= 11 is 0. The first-order valence-corrected chi connectivity index (χ1v) is 15.7. The summed E-state index contributed by atoms with van der Waals surface area (Å²) in [7, 11) is 0. The molecule has 3 N–H and O–H groups in total. The fraction of sp³-hybridized carbons (Fsp3) is 0.294. The number of halogens is 1. The highest BCUT2D eigenvalue weighted by Crippen LogP contribution is 2.34. The Balaban J connectivity index is 1.09. The van der Waals surface area contributed by atoms with Crippen molar-refractivity contribution >= 4 is 33.8 Å². The van der Waals surface area contributed by atoms with Crippen molar-refractivity contribution in [3.8, 4) is 39.5 Å². The zero-order valence-corrected chi connectivity index (χ0v) is 25.1. The molecule has 1 aliphatic carbocycles. The number of amides is 1. The quantitative estimate of drug-likeness (QED) is 0.180. The van der Waals surface area contributed by atoms with E-state index in [9.17, 15) is 9.18 Å². The molecule has 232 valence electrons. The Kier molecular flexibility index (Phi) is 7.33. The van der Waals surface area contributed by atoms with Gasteiger partial charge in [-0.2, -0.15) is 5.10 Å². The topological polar surface area (TPSA) is 138 Å². The molecule has 0 spiro atoms. The van der Waals surface area contributed by atoms with Gasteiger partial charge in [-0.15, -0.1) is 0 Å². The number of ether oxygens (including phenoxy) is 1. The summed E-state index contributed by atoms with van der Waals surface area (Å²) in [5.74, 6) is 0.744. The minimum Gasteiger partial charge on any atom is -0.492 e. The maximum absolute atomic E-state index is 14.8. The first kappa shape index (κ1) is 28.3. The third-order valence-corrected chi connectivity index (χ3v) is 8.91. The molecular formula is C34H32FN9O2. The molecule has 2 aliphatic rings. The average molecular weight is 618 g/mol. The molecule has 0 unspecified atom stereocenters. The zero-order chi connectivity index (χ0) is 31.0. The van der Waals surface area contributed by atoms with Gasteiger partial charge in [0.25, 0.3) is 0 Å². The summed E-state index contributed by atoms with van der Waals surface area (Å²) in [6.45, 7) is 3.49. The van der Waals surface area contributed by atoms with Crippen molar-refractivity contribution in [3.05, 3.63) is 67.0 Å². The third kappa shape index (κ3) is 5.56. The Labute approximate surface area is 263 Å². The number of aromatic nitrogens is 7. The van der Waals surface area contributed by atoms with E-state index in [0.717, 1.165) is 61.0 Å². The summed E-state index contributed by atoms with van der Waals surface area (Å²) < 4.78 is 20.7. The lowest BCUT2D eigenvalue weighted by Crippen LogP contribution is -2.28. The standard InChI is InChI=1S/C34H32FN9O2/c35-24-12-21(14-26(16-24)46-11-10-44-8-1-2-9-44)27-6-7-37-32-29(27)40-33(41-32)30-28-15-23(18-38-31(28)43-42-30)22-13-25(19-36-17-22)39-34(45)20-4-3-5-20/h6-7,12-20H,1-5,8-11H2,(H,39,45)(H,37,40,41)(H,38,42,43). The Morgan fingerprint density at radius 1 is 0.978 bits per heavy atom. The van der Waals surface area contributed by atoms with E-state index < -0.39 is 0 Å². The van der Waals surface area contributed by atoms with E-state index in [4.69, 9.17) is 9.72 Å². The van der Waals surface area contributed by atoms with E-state index in [1.165, 1.54) is 25.0 Å². The predicted octanol–water partition coefficient (Wildman–Crippen LogP) is 5.98. The highest BCUT2D eigenvalue weighted by atomic mass is 19.1. The molecule has 1 saturated heterocycles. The number of carbonyl (C=O) groups is 1. The van der Waals surface area contributed by atoms with Crippen LogP contribution in [0, 0.1) is 11.7 Å². The largest absolute Gasteiger partial charge is 0.492 e. The molecule has 2 fully saturated rings. The average Bonchev–Trinajstić information content (AvgIpc) is 3.79. The second-order valence-electron chi connectivity index (χ2n) is 12.0. The smallest absolute Gasteiger partial charge is 0.227 e. The van der Waals surface area contributed by atoms with Gasteiger partial charge >= 0.3 is 0 Å². The third-order valence-electron chi connectivity index (χ3n) is 8.91. The monoisotopic (exact) mass is 617 g/mol. The van der Waals surface area contributed by atoms with Crippen molar-refractivity contribution in [1.29, 1.82) is 0 Å². The summed E-state index contributed by atoms with van der Waals surface area (Å²) in [4.78, 5) is 36.4. The van der Waals surface area contributed by atoms with Crippen molar-refractivity contribution in [2.45, 2.75) is 32.1 Å². The number of nitrogens with one attached hydrogen (secondary N) is 3. The molecule has 11 nitrogen and oxygen atoms in total. The van der Waals surface area contributed by atoms with E-state index in [1.54, 1.807) is 24.8 Å². The van der Waals surface area contributed by atoms with Crippen LogP contribution >= 0.6 is 0 Å². The van der Waals surface area contributed by atoms with E-state index in [1.807, 2.05) is 24.3 Å². The first-order chi connectivity index (χ1) is 22.6. The highest BCUT2D eigenvalue weighted by molar-refractivity contribution is 5.97. The van der Waals surface area contributed by atoms with Crippen LogP contribution in [0.2, 0.25) is 0 Å². The number of imidazole rings is 1. The lowest BCUT2D eigenvalue weighted by molar-refractivity contribution is -0.122. The van der Waals surface area contributed by atoms with Crippen molar-refractivity contribution in [2.75, 3.05) is 31.6 Å². The van der Waals surface area contributed by atoms with Gasteiger partial charge in [-0.1, -0.05) is 6.42 Å². The molecule has 1 amide bonds. The number of H-pyrrole nitrogens is 2. The van der Waals surface area contributed by atoms with Crippen molar-refractivity contribution in [1.82, 2.24) is 40.0 Å². The van der Waals surface area contributed by atoms with Gasteiger partial charge in [0.05, 0.1) is 22.8 Å². The molecule has 8 rings (SSSR count). The lowest BCUT2D eigenvalue weighted by atomic mass is 9.85. The van der Waals surface area contributed by atoms with Crippen LogP contribution in [-0.2, 0) is 4.79 Å². The number of carbonyl (C=O) groups excluding carboxylic acids is 1. The number of pyridine rings is 3. The Hall–Kier alpha value is -5.23. The fourth-order valence-corrected chi connectivity index (χ4v) is 6.19. The van der Waals surface area contributed by atoms with Crippen LogP contribution in [0.4, 0.5) is 10.1 Å². The zero-order valence-electron chi connectivity index (χ0n) is 25.1. The lowest BCUT2D eigenvalue weighted by Gasteiger charge is -2.24. The number of nitrogens with zero attached hydrogens (tertiary/aromatic N) is 6. The van der Waals surface area contributed by atoms with E-state index in [2.05, 4.69) is 40.3 Å². The molecule has 1 saturated carbocycles. The van der Waals surface area contributed by atoms with Crippen LogP contribution in [0.15, 0.2) is 61.2 Å². The van der Waals surface area contributed by atoms with Gasteiger partial charge in [0.2, 0.25) is 5.91 Å². The molecule has 46 heavy (non-hydrogen) atoms. The summed E-state index contributed by atoms with van der Waals surface area (Å²) in [6, 6.07) is 10.4. The van der Waals surface area contributed by atoms with Crippen LogP contribution in [0.1, 0.15) is 32.1 Å². The van der Waals surface area contributed by atoms with Gasteiger partial charge < -0.3 is 15.0 Å². The van der Waals surface area contributed by atoms with Gasteiger partial charge in [-0.05, 0) is 74.7 Å². The summed E-state index contributed by atoms with van der Waals surface area (Å²) in [6.07, 6.45) is 12.2. The molecule has 12 heteroatoms. The van der Waals surface area contributed by atoms with Gasteiger partial charge in [0.15, 0.2) is 17.1 Å². The maximum Gasteiger partial charge on any atom is 0.227 e. The van der Waals surface area contributed by atoms with Crippen LogP contribution in [-0.4, -0.2) is 72.2 Å². The molecule has 6 aromatic rings. The Morgan fingerprint density at radius 2 is 1.85 bits per heavy atom. The Morgan fingerprint density at radius 3 is 2.70 bits per heavy atom. The van der Waals surface area contributed by atoms with Crippen molar-refractivity contribution < 1.29 is 13.9 Å². The molecular weight excluding hydrogens is 585 g/mol. The molecule has 0 atom stereocenters. The number of anilines is 1. The number of likely N-dealkylation sites (tertiary alicyclic amines) is 1. The first-order valence-electron chi connectivity index (χ1n) is 15.7. The molecule has 0 radical (unpaired) electrons. The number of hydrogen-bond acceptors (Lipinski definition) is 8. The van der Waals surface area contributed by atoms with Crippen LogP contribution in [0.5, 0.6) is 5.75 Å². The fourth-order valence-electron chi connectivity index (χ4n) is 6.19. The normalized spacial score (nSPS) is 15.4. The van der Waals surface area contributed by atoms with E-state index >= 15 is 0 Å². The van der Waals surface area contributed by atoms with Crippen LogP contribution < -0.4 is 10.1 Å². The van der Waals surface area contributed by atoms with Gasteiger partial charge in [0, 0.05) is 53.8 Å². The minimum atomic E-state index is -0.377. The van der Waals surface area contributed by atoms with E-state index in [0.29, 0.717) is 51.9 Å². The summed E-state index contributed by atoms with van der Waals surface area (Å²) in [5.41, 5.74) is 6.00. The van der Waals surface area contributed by atoms with E-state index in [-0.39, 0.29) is 17.6 Å². The number of rotatable bonds is 9. The van der Waals surface area contributed by atoms with Crippen LogP contribution in [0.25, 0.3) is 56.0 Å². The number of fused-ring (bicyclic) bond motifs is 2. The van der Waals surface area contributed by atoms with Crippen molar-refractivity contribution in [3.63, 3.8) is 0 Å². The Bertz CT molecular complexity index is 2060. The molecule has 1 aliphatic heterocycles. The van der Waals surface area contributed by atoms with Gasteiger partial charge in [-0.25, -0.2) is 19.3 Å². The van der Waals surface area contributed by atoms with Crippen molar-refractivity contribution in [2.24, 2.45) is 5.92 Å². The predicted molar refractivity (Wildman–Crippen MR) is 173 cm³/mol. The SMILES string of the molecule is O=C(Nc1cncc(-c2cnc3n[nH]c(-c4nc5nccc(-c6cc(F)cc(OCCN7CCCC7)c6)c5[nH]4)c3c2)c1)C1CCC1. The molecule has 6 heterocycles. The number of aromatic amines is 2. The molecule has 5 aromatic heterocycles. The molecule has 0 bridgehead atoms. The highest BCUT2D eigenvalue weighted by Gasteiger charge is 2.25. The number of hydrogen-bond donors (Lipinski definition) is 3. The van der Waals surface area contributed by atoms with Gasteiger partial charge in [-0.3, -0.25) is 19.8 Å². The second-order valence-corrected chi connectivity index (χ2v) is 12.0. The summed E-state index contributed by atoms with van der Waals surface area (Å²) in [5, 5.41) is 11.2. The minimum absolute atomic E-state index is 0.0354.